The summed E-state index contributed by atoms with van der Waals surface area (Å²) in [4.78, 5) is 10.9. The first-order chi connectivity index (χ1) is 6.29. The third-order valence-corrected chi connectivity index (χ3v) is 2.03. The van der Waals surface area contributed by atoms with Gasteiger partial charge in [-0.1, -0.05) is 42.5 Å². The molecule has 0 saturated heterocycles. The minimum Gasteiger partial charge on any atom is -0.664 e. The SMILES string of the molecule is [NH-]C(=O)c1cccc2ccccc12.[Na+]. The molecule has 1 amide bonds. The van der Waals surface area contributed by atoms with Gasteiger partial charge in [0, 0.05) is 5.56 Å². The van der Waals surface area contributed by atoms with Crippen LogP contribution in [0, 0.1) is 0 Å². The van der Waals surface area contributed by atoms with E-state index in [2.05, 4.69) is 0 Å². The van der Waals surface area contributed by atoms with E-state index in [0.29, 0.717) is 5.56 Å². The number of hydrogen-bond acceptors (Lipinski definition) is 1. The van der Waals surface area contributed by atoms with Crippen molar-refractivity contribution in [3.05, 3.63) is 53.8 Å². The van der Waals surface area contributed by atoms with Gasteiger partial charge in [0.1, 0.15) is 0 Å². The van der Waals surface area contributed by atoms with Crippen molar-refractivity contribution < 1.29 is 34.4 Å². The third-order valence-electron chi connectivity index (χ3n) is 2.03. The Bertz CT molecular complexity index is 462. The number of rotatable bonds is 1. The molecule has 2 aromatic rings. The maximum atomic E-state index is 10.9. The number of benzene rings is 2. The van der Waals surface area contributed by atoms with Crippen LogP contribution in [0.15, 0.2) is 42.5 Å². The summed E-state index contributed by atoms with van der Waals surface area (Å²) in [5.74, 6) is -0.628. The van der Waals surface area contributed by atoms with Crippen molar-refractivity contribution in [3.8, 4) is 0 Å². The first-order valence-electron chi connectivity index (χ1n) is 4.03. The zero-order chi connectivity index (χ0) is 9.26. The quantitative estimate of drug-likeness (QED) is 0.589. The van der Waals surface area contributed by atoms with Crippen molar-refractivity contribution in [2.45, 2.75) is 0 Å². The summed E-state index contributed by atoms with van der Waals surface area (Å²) in [6.07, 6.45) is 0. The van der Waals surface area contributed by atoms with Crippen LogP contribution in [0.1, 0.15) is 10.4 Å². The molecule has 0 aromatic heterocycles. The molecule has 64 valence electrons. The molecular weight excluding hydrogens is 185 g/mol. The summed E-state index contributed by atoms with van der Waals surface area (Å²) in [7, 11) is 0. The fourth-order valence-electron chi connectivity index (χ4n) is 1.42. The molecule has 2 rings (SSSR count). The van der Waals surface area contributed by atoms with Gasteiger partial charge in [-0.05, 0) is 10.8 Å². The van der Waals surface area contributed by atoms with Crippen LogP contribution < -0.4 is 29.6 Å². The molecule has 0 saturated carbocycles. The molecule has 0 fully saturated rings. The van der Waals surface area contributed by atoms with Gasteiger partial charge >= 0.3 is 29.6 Å². The standard InChI is InChI=1S/C11H9NO.Na/c12-11(13)10-7-3-5-8-4-1-2-6-9(8)10;/h1-7H,(H2,12,13);/q;+1/p-1. The van der Waals surface area contributed by atoms with E-state index in [1.165, 1.54) is 0 Å². The van der Waals surface area contributed by atoms with E-state index in [0.717, 1.165) is 10.8 Å². The number of hydrogen-bond donors (Lipinski definition) is 0. The Morgan fingerprint density at radius 3 is 2.36 bits per heavy atom. The van der Waals surface area contributed by atoms with Crippen LogP contribution in [0.4, 0.5) is 0 Å². The van der Waals surface area contributed by atoms with E-state index in [4.69, 9.17) is 5.73 Å². The number of amides is 1. The van der Waals surface area contributed by atoms with E-state index >= 15 is 0 Å². The molecule has 0 bridgehead atoms. The number of nitrogens with one attached hydrogen (secondary N) is 1. The van der Waals surface area contributed by atoms with Gasteiger partial charge in [0.2, 0.25) is 0 Å². The van der Waals surface area contributed by atoms with Crippen LogP contribution in [-0.4, -0.2) is 5.91 Å². The van der Waals surface area contributed by atoms with Crippen LogP contribution >= 0.6 is 0 Å². The van der Waals surface area contributed by atoms with Crippen molar-refractivity contribution in [2.75, 3.05) is 0 Å². The zero-order valence-corrected chi connectivity index (χ0v) is 9.95. The topological polar surface area (TPSA) is 40.9 Å². The van der Waals surface area contributed by atoms with Crippen LogP contribution in [0.2, 0.25) is 0 Å². The monoisotopic (exact) mass is 193 g/mol. The summed E-state index contributed by atoms with van der Waals surface area (Å²) in [5, 5.41) is 1.85. The van der Waals surface area contributed by atoms with Gasteiger partial charge in [0.05, 0.1) is 5.91 Å². The minimum atomic E-state index is -0.628. The largest absolute Gasteiger partial charge is 1.00 e. The molecule has 0 radical (unpaired) electrons. The molecule has 2 aromatic carbocycles. The number of carbonyl (C=O) groups is 1. The van der Waals surface area contributed by atoms with Crippen molar-refractivity contribution in [1.82, 2.24) is 0 Å². The van der Waals surface area contributed by atoms with Crippen LogP contribution in [0.3, 0.4) is 0 Å². The first kappa shape index (κ1) is 11.2. The zero-order valence-electron chi connectivity index (χ0n) is 7.95. The Morgan fingerprint density at radius 2 is 1.64 bits per heavy atom. The predicted molar refractivity (Wildman–Crippen MR) is 52.6 cm³/mol. The maximum Gasteiger partial charge on any atom is 1.00 e. The van der Waals surface area contributed by atoms with E-state index in [-0.39, 0.29) is 29.6 Å². The molecule has 1 N–H and O–H groups in total. The Hall–Kier alpha value is -0.830. The summed E-state index contributed by atoms with van der Waals surface area (Å²) in [6, 6.07) is 13.0. The molecule has 0 spiro atoms. The van der Waals surface area contributed by atoms with E-state index in [9.17, 15) is 4.79 Å². The molecule has 14 heavy (non-hydrogen) atoms. The molecule has 0 aliphatic rings. The Morgan fingerprint density at radius 1 is 1.00 bits per heavy atom. The predicted octanol–water partition coefficient (Wildman–Crippen LogP) is 0.0362. The van der Waals surface area contributed by atoms with E-state index in [1.54, 1.807) is 12.1 Å². The Labute approximate surface area is 104 Å². The third kappa shape index (κ3) is 1.98. The van der Waals surface area contributed by atoms with Gasteiger partial charge in [0.15, 0.2) is 0 Å². The molecule has 2 nitrogen and oxygen atoms in total. The molecular formula is C11H8NNaO. The molecule has 0 aliphatic heterocycles. The first-order valence-corrected chi connectivity index (χ1v) is 4.03. The van der Waals surface area contributed by atoms with Gasteiger partial charge in [-0.2, -0.15) is 0 Å². The number of fused-ring (bicyclic) bond motifs is 1. The van der Waals surface area contributed by atoms with Crippen molar-refractivity contribution >= 4 is 16.7 Å². The van der Waals surface area contributed by atoms with Crippen molar-refractivity contribution in [3.63, 3.8) is 0 Å². The fourth-order valence-corrected chi connectivity index (χ4v) is 1.42. The van der Waals surface area contributed by atoms with E-state index in [1.807, 2.05) is 30.3 Å². The van der Waals surface area contributed by atoms with Crippen molar-refractivity contribution in [1.29, 1.82) is 0 Å². The maximum absolute atomic E-state index is 10.9. The molecule has 0 unspecified atom stereocenters. The summed E-state index contributed by atoms with van der Waals surface area (Å²) in [5.41, 5.74) is 7.53. The summed E-state index contributed by atoms with van der Waals surface area (Å²) < 4.78 is 0. The molecule has 0 atom stereocenters. The van der Waals surface area contributed by atoms with Gasteiger partial charge in [-0.15, -0.1) is 0 Å². The average Bonchev–Trinajstić information content (AvgIpc) is 2.17. The van der Waals surface area contributed by atoms with Gasteiger partial charge in [-0.3, -0.25) is 0 Å². The van der Waals surface area contributed by atoms with Gasteiger partial charge < -0.3 is 10.5 Å². The number of carbonyl (C=O) groups excluding carboxylic acids is 1. The van der Waals surface area contributed by atoms with Crippen LogP contribution in [-0.2, 0) is 0 Å². The smallest absolute Gasteiger partial charge is 0.664 e. The minimum absolute atomic E-state index is 0. The summed E-state index contributed by atoms with van der Waals surface area (Å²) in [6.45, 7) is 0. The van der Waals surface area contributed by atoms with Crippen molar-refractivity contribution in [2.24, 2.45) is 0 Å². The average molecular weight is 193 g/mol. The molecule has 0 aliphatic carbocycles. The fraction of sp³-hybridized carbons (Fsp3) is 0. The Balaban J connectivity index is 0.000000980. The van der Waals surface area contributed by atoms with Gasteiger partial charge in [0.25, 0.3) is 0 Å². The van der Waals surface area contributed by atoms with Crippen LogP contribution in [0.5, 0.6) is 0 Å². The van der Waals surface area contributed by atoms with Gasteiger partial charge in [-0.25, -0.2) is 0 Å². The van der Waals surface area contributed by atoms with Crippen LogP contribution in [0.25, 0.3) is 16.5 Å². The van der Waals surface area contributed by atoms with E-state index < -0.39 is 5.91 Å². The second kappa shape index (κ2) is 4.60. The Kier molecular flexibility index (Phi) is 3.69. The second-order valence-corrected chi connectivity index (χ2v) is 2.86. The summed E-state index contributed by atoms with van der Waals surface area (Å²) >= 11 is 0. The second-order valence-electron chi connectivity index (χ2n) is 2.86. The normalized spacial score (nSPS) is 9.43. The molecule has 3 heteroatoms. The molecule has 0 heterocycles.